The summed E-state index contributed by atoms with van der Waals surface area (Å²) >= 11 is 0. The zero-order chi connectivity index (χ0) is 47.4. The quantitative estimate of drug-likeness (QED) is 0.173. The average molecular weight is 895 g/mol. The van der Waals surface area contributed by atoms with Crippen LogP contribution in [0.5, 0.6) is 0 Å². The molecular formula is C65H54N2O2. The van der Waals surface area contributed by atoms with Gasteiger partial charge in [-0.15, -0.1) is 0 Å². The second-order valence-corrected chi connectivity index (χ2v) is 19.5. The first-order valence-corrected chi connectivity index (χ1v) is 24.1. The molecule has 2 heterocycles. The number of fused-ring (bicyclic) bond motifs is 9. The Balaban J connectivity index is 1.11. The zero-order valence-corrected chi connectivity index (χ0v) is 40.8. The maximum Gasteiger partial charge on any atom is 0.147 e. The largest absolute Gasteiger partial charge is 0.455 e. The zero-order valence-electron chi connectivity index (χ0n) is 40.8. The molecule has 0 saturated heterocycles. The van der Waals surface area contributed by atoms with Crippen LogP contribution in [-0.2, 0) is 0 Å². The third-order valence-corrected chi connectivity index (χ3v) is 15.2. The van der Waals surface area contributed by atoms with Crippen LogP contribution in [0.15, 0.2) is 167 Å². The fourth-order valence-corrected chi connectivity index (χ4v) is 10.7. The molecule has 4 heteroatoms. The van der Waals surface area contributed by atoms with Gasteiger partial charge in [0.2, 0.25) is 0 Å². The normalized spacial score (nSPS) is 11.8. The number of nitrogens with zero attached hydrogens (tertiary/aromatic N) is 1. The highest BCUT2D eigenvalue weighted by atomic mass is 16.3. The third kappa shape index (κ3) is 6.96. The van der Waals surface area contributed by atoms with Crippen LogP contribution in [0.1, 0.15) is 50.1 Å². The predicted octanol–water partition coefficient (Wildman–Crippen LogP) is 19.1. The predicted molar refractivity (Wildman–Crippen MR) is 294 cm³/mol. The summed E-state index contributed by atoms with van der Waals surface area (Å²) in [6, 6.07) is 57.7. The molecule has 12 aromatic rings. The Hall–Kier alpha value is -8.08. The fraction of sp³-hybridized carbons (Fsp3) is 0.138. The van der Waals surface area contributed by atoms with Gasteiger partial charge in [0.25, 0.3) is 0 Å². The number of hydrogen-bond acceptors (Lipinski definition) is 4. The van der Waals surface area contributed by atoms with Gasteiger partial charge in [0.1, 0.15) is 22.3 Å². The Morgan fingerprint density at radius 3 is 1.36 bits per heavy atom. The maximum absolute atomic E-state index is 7.29. The summed E-state index contributed by atoms with van der Waals surface area (Å²) in [6.45, 7) is 19.8. The second kappa shape index (κ2) is 16.0. The summed E-state index contributed by atoms with van der Waals surface area (Å²) in [5.74, 6) is 0. The van der Waals surface area contributed by atoms with Crippen LogP contribution < -0.4 is 10.2 Å². The third-order valence-electron chi connectivity index (χ3n) is 15.2. The minimum Gasteiger partial charge on any atom is -0.455 e. The van der Waals surface area contributed by atoms with E-state index < -0.39 is 0 Å². The van der Waals surface area contributed by atoms with Gasteiger partial charge in [-0.05, 0) is 230 Å². The molecule has 0 aliphatic heterocycles. The van der Waals surface area contributed by atoms with Gasteiger partial charge in [0.05, 0.1) is 5.39 Å². The van der Waals surface area contributed by atoms with Gasteiger partial charge in [-0.3, -0.25) is 0 Å². The second-order valence-electron chi connectivity index (χ2n) is 19.5. The molecule has 0 atom stereocenters. The molecule has 2 aromatic heterocycles. The molecule has 0 amide bonds. The van der Waals surface area contributed by atoms with Crippen LogP contribution in [0.3, 0.4) is 0 Å². The SMILES string of the molecule is Cc1cc(Nc2ccc3cc4c(cc3c2)oc2c(-c3ccccc3)c(-c3ccccc3)c3c5cc6ccc(N(c7cc(C)c(C)c(C)c7)c7cc(C)c(C)c(C)c7)cc6cc5oc3c24)cc(C)c1C. The summed E-state index contributed by atoms with van der Waals surface area (Å²) in [5, 5.41) is 12.3. The van der Waals surface area contributed by atoms with E-state index in [0.29, 0.717) is 0 Å². The van der Waals surface area contributed by atoms with E-state index >= 15 is 0 Å². The molecule has 0 bridgehead atoms. The van der Waals surface area contributed by atoms with Crippen LogP contribution >= 0.6 is 0 Å². The van der Waals surface area contributed by atoms with E-state index in [1.165, 1.54) is 50.1 Å². The van der Waals surface area contributed by atoms with Crippen molar-refractivity contribution in [3.8, 4) is 22.3 Å². The molecule has 0 spiro atoms. The highest BCUT2D eigenvalue weighted by Gasteiger charge is 2.27. The Morgan fingerprint density at radius 2 is 0.812 bits per heavy atom. The van der Waals surface area contributed by atoms with E-state index in [1.807, 2.05) is 0 Å². The molecule has 1 N–H and O–H groups in total. The Labute approximate surface area is 403 Å². The summed E-state index contributed by atoms with van der Waals surface area (Å²) in [5.41, 5.74) is 24.8. The van der Waals surface area contributed by atoms with Crippen molar-refractivity contribution < 1.29 is 8.83 Å². The van der Waals surface area contributed by atoms with E-state index in [4.69, 9.17) is 8.83 Å². The van der Waals surface area contributed by atoms with Crippen molar-refractivity contribution in [1.29, 1.82) is 0 Å². The van der Waals surface area contributed by atoms with Crippen LogP contribution in [-0.4, -0.2) is 0 Å². The number of rotatable bonds is 7. The van der Waals surface area contributed by atoms with Crippen molar-refractivity contribution in [1.82, 2.24) is 0 Å². The van der Waals surface area contributed by atoms with Crippen LogP contribution in [0.25, 0.3) is 87.7 Å². The number of furan rings is 2. The van der Waals surface area contributed by atoms with Gasteiger partial charge in [0, 0.05) is 55.7 Å². The summed E-state index contributed by atoms with van der Waals surface area (Å²) < 4.78 is 14.5. The van der Waals surface area contributed by atoms with Gasteiger partial charge < -0.3 is 19.1 Å². The van der Waals surface area contributed by atoms with Crippen LogP contribution in [0, 0.1) is 62.3 Å². The number of anilines is 5. The molecule has 0 aliphatic rings. The molecule has 69 heavy (non-hydrogen) atoms. The molecule has 0 aliphatic carbocycles. The van der Waals surface area contributed by atoms with Gasteiger partial charge >= 0.3 is 0 Å². The number of aryl methyl sites for hydroxylation is 6. The first-order valence-electron chi connectivity index (χ1n) is 24.1. The van der Waals surface area contributed by atoms with Crippen molar-refractivity contribution in [3.63, 3.8) is 0 Å². The van der Waals surface area contributed by atoms with Gasteiger partial charge in [-0.2, -0.15) is 0 Å². The summed E-state index contributed by atoms with van der Waals surface area (Å²) in [6.07, 6.45) is 0. The standard InChI is InChI=1S/C65H54N2O2/c1-36-24-52(25-37(2)42(36)7)66-51-22-20-47-33-57-59(34-49(47)30-51)68-64-61(46-18-14-11-15-19-46)60(45-16-12-10-13-17-45)62-56-32-48-21-23-53(31-50(48)35-58(56)69-65(62)63(57)64)67(54-26-38(3)43(8)39(4)27-54)55-28-40(5)44(9)41(6)29-55/h10-35,66H,1-9H3. The van der Waals surface area contributed by atoms with E-state index in [1.54, 1.807) is 0 Å². The lowest BCUT2D eigenvalue weighted by Crippen LogP contribution is -2.12. The summed E-state index contributed by atoms with van der Waals surface area (Å²) in [4.78, 5) is 2.41. The van der Waals surface area contributed by atoms with Gasteiger partial charge in [0.15, 0.2) is 0 Å². The molecular weight excluding hydrogens is 841 g/mol. The Morgan fingerprint density at radius 1 is 0.348 bits per heavy atom. The Bertz CT molecular complexity index is 3950. The fourth-order valence-electron chi connectivity index (χ4n) is 10.7. The lowest BCUT2D eigenvalue weighted by atomic mass is 9.88. The minimum atomic E-state index is 0.815. The van der Waals surface area contributed by atoms with Crippen molar-refractivity contribution in [2.75, 3.05) is 10.2 Å². The van der Waals surface area contributed by atoms with Crippen LogP contribution in [0.2, 0.25) is 0 Å². The lowest BCUT2D eigenvalue weighted by molar-refractivity contribution is 0.664. The lowest BCUT2D eigenvalue weighted by Gasteiger charge is -2.28. The smallest absolute Gasteiger partial charge is 0.147 e. The monoisotopic (exact) mass is 894 g/mol. The molecule has 0 radical (unpaired) electrons. The highest BCUT2D eigenvalue weighted by molar-refractivity contribution is 6.32. The molecule has 12 rings (SSSR count). The first-order chi connectivity index (χ1) is 33.4. The molecule has 10 aromatic carbocycles. The number of benzene rings is 10. The number of nitrogens with one attached hydrogen (secondary N) is 1. The molecule has 0 unspecified atom stereocenters. The maximum atomic E-state index is 7.29. The number of hydrogen-bond donors (Lipinski definition) is 1. The van der Waals surface area contributed by atoms with Crippen molar-refractivity contribution in [2.45, 2.75) is 62.3 Å². The molecule has 4 nitrogen and oxygen atoms in total. The molecule has 0 saturated carbocycles. The van der Waals surface area contributed by atoms with Crippen molar-refractivity contribution >= 4 is 93.9 Å². The van der Waals surface area contributed by atoms with E-state index in [2.05, 4.69) is 230 Å². The van der Waals surface area contributed by atoms with E-state index in [0.717, 1.165) is 116 Å². The molecule has 0 fully saturated rings. The Kier molecular flexibility index (Phi) is 9.82. The van der Waals surface area contributed by atoms with Gasteiger partial charge in [-0.25, -0.2) is 0 Å². The first kappa shape index (κ1) is 42.3. The average Bonchev–Trinajstić information content (AvgIpc) is 3.90. The van der Waals surface area contributed by atoms with Crippen LogP contribution in [0.4, 0.5) is 28.4 Å². The van der Waals surface area contributed by atoms with E-state index in [9.17, 15) is 0 Å². The van der Waals surface area contributed by atoms with Crippen molar-refractivity contribution in [3.05, 3.63) is 208 Å². The summed E-state index contributed by atoms with van der Waals surface area (Å²) in [7, 11) is 0. The molecule has 336 valence electrons. The minimum absolute atomic E-state index is 0.815. The van der Waals surface area contributed by atoms with Gasteiger partial charge in [-0.1, -0.05) is 72.8 Å². The van der Waals surface area contributed by atoms with E-state index in [-0.39, 0.29) is 0 Å². The van der Waals surface area contributed by atoms with Crippen molar-refractivity contribution in [2.24, 2.45) is 0 Å². The highest BCUT2D eigenvalue weighted by Crippen LogP contribution is 2.52. The topological polar surface area (TPSA) is 41.6 Å².